The largest absolute Gasteiger partial charge is 0.756 e. The fraction of sp³-hybridized carbons (Fsp3) is 0.718. The van der Waals surface area contributed by atoms with Crippen molar-refractivity contribution in [2.24, 2.45) is 0 Å². The van der Waals surface area contributed by atoms with Gasteiger partial charge in [0.05, 0.1) is 33.8 Å². The van der Waals surface area contributed by atoms with E-state index < -0.39 is 26.6 Å². The molecule has 0 aliphatic carbocycles. The van der Waals surface area contributed by atoms with Gasteiger partial charge in [-0.2, -0.15) is 0 Å². The minimum Gasteiger partial charge on any atom is -0.756 e. The fourth-order valence-electron chi connectivity index (χ4n) is 9.10. The van der Waals surface area contributed by atoms with E-state index in [1.165, 1.54) is 103 Å². The van der Waals surface area contributed by atoms with Gasteiger partial charge in [-0.3, -0.25) is 14.2 Å². The smallest absolute Gasteiger partial charge is 0.306 e. The minimum absolute atomic E-state index is 0.0309. The maximum Gasteiger partial charge on any atom is 0.306 e. The number of phosphoric ester groups is 1. The molecule has 1 N–H and O–H groups in total. The highest BCUT2D eigenvalue weighted by atomic mass is 31.2. The second-order valence-corrected chi connectivity index (χ2v) is 24.7. The quantitative estimate of drug-likeness (QED) is 0.0161. The number of esters is 1. The van der Waals surface area contributed by atoms with Crippen LogP contribution in [0.3, 0.4) is 0 Å². The third-order valence-corrected chi connectivity index (χ3v) is 15.2. The van der Waals surface area contributed by atoms with Crippen molar-refractivity contribution >= 4 is 19.7 Å². The van der Waals surface area contributed by atoms with Crippen LogP contribution in [0.5, 0.6) is 0 Å². The number of unbranched alkanes of at least 4 members (excludes halogenated alkanes) is 28. The topological polar surface area (TPSA) is 114 Å². The van der Waals surface area contributed by atoms with Gasteiger partial charge in [0, 0.05) is 12.8 Å². The predicted octanol–water partition coefficient (Wildman–Crippen LogP) is 20.3. The first kappa shape index (κ1) is 77.7. The molecule has 0 bridgehead atoms. The Morgan fingerprint density at radius 1 is 0.457 bits per heavy atom. The third kappa shape index (κ3) is 61.1. The number of likely N-dealkylation sites (N-methyl/N-ethyl adjacent to an activating group) is 1. The third-order valence-electron chi connectivity index (χ3n) is 14.2. The Bertz CT molecular complexity index is 1750. The molecule has 0 spiro atoms. The first-order valence-corrected chi connectivity index (χ1v) is 34.7. The lowest BCUT2D eigenvalue weighted by atomic mass is 10.0. The van der Waals surface area contributed by atoms with E-state index in [4.69, 9.17) is 13.8 Å². The van der Waals surface area contributed by atoms with Crippen LogP contribution in [0.2, 0.25) is 0 Å². The molecule has 0 rings (SSSR count). The average molecular weight is 1150 g/mol. The van der Waals surface area contributed by atoms with E-state index in [0.29, 0.717) is 23.9 Å². The molecule has 0 fully saturated rings. The number of amides is 1. The van der Waals surface area contributed by atoms with Crippen LogP contribution in [-0.2, 0) is 27.9 Å². The molecule has 0 radical (unpaired) electrons. The van der Waals surface area contributed by atoms with Crippen molar-refractivity contribution in [2.75, 3.05) is 40.9 Å². The normalized spacial score (nSPS) is 14.3. The SMILES string of the molecule is CC/C=C\C/C=C\C/C=C\C/C=C\C/C=C\C/C=C\CCCCCCCCCCC(=O)NC(COP(=O)([O-])OCC[N+](C)(C)C)C(/C=C\CCCCCCCCCCCCC)OC(=O)CCCCCCCC/C=C/C=C/CCCCC. The zero-order chi connectivity index (χ0) is 59.3. The first-order chi connectivity index (χ1) is 39.4. The van der Waals surface area contributed by atoms with E-state index in [1.807, 2.05) is 33.3 Å². The molecule has 0 saturated carbocycles. The highest BCUT2D eigenvalue weighted by Crippen LogP contribution is 2.38. The number of ether oxygens (including phenoxy) is 1. The maximum atomic E-state index is 13.6. The molecule has 9 nitrogen and oxygen atoms in total. The number of carbonyl (C=O) groups is 2. The van der Waals surface area contributed by atoms with Crippen molar-refractivity contribution in [3.05, 3.63) is 109 Å². The lowest BCUT2D eigenvalue weighted by Crippen LogP contribution is -2.47. The van der Waals surface area contributed by atoms with Crippen LogP contribution in [0, 0.1) is 0 Å². The van der Waals surface area contributed by atoms with Crippen LogP contribution in [-0.4, -0.2) is 69.4 Å². The second kappa shape index (κ2) is 59.8. The number of allylic oxidation sites excluding steroid dienone is 17. The van der Waals surface area contributed by atoms with Crippen molar-refractivity contribution in [2.45, 2.75) is 290 Å². The van der Waals surface area contributed by atoms with E-state index in [-0.39, 0.29) is 24.9 Å². The molecule has 10 heteroatoms. The van der Waals surface area contributed by atoms with Crippen LogP contribution >= 0.6 is 7.82 Å². The highest BCUT2D eigenvalue weighted by Gasteiger charge is 2.27. The van der Waals surface area contributed by atoms with Crippen molar-refractivity contribution in [3.8, 4) is 0 Å². The van der Waals surface area contributed by atoms with Gasteiger partial charge in [-0.15, -0.1) is 0 Å². The molecule has 0 aliphatic rings. The minimum atomic E-state index is -4.71. The summed E-state index contributed by atoms with van der Waals surface area (Å²) in [4.78, 5) is 40.1. The molecule has 0 heterocycles. The first-order valence-electron chi connectivity index (χ1n) is 33.2. The lowest BCUT2D eigenvalue weighted by molar-refractivity contribution is -0.870. The van der Waals surface area contributed by atoms with E-state index in [2.05, 4.69) is 123 Å². The number of hydrogen-bond acceptors (Lipinski definition) is 7. The molecule has 0 aromatic rings. The van der Waals surface area contributed by atoms with Crippen molar-refractivity contribution < 1.29 is 37.3 Å². The summed E-state index contributed by atoms with van der Waals surface area (Å²) < 4.78 is 30.4. The molecule has 81 heavy (non-hydrogen) atoms. The van der Waals surface area contributed by atoms with Gasteiger partial charge in [0.1, 0.15) is 19.3 Å². The monoisotopic (exact) mass is 1150 g/mol. The second-order valence-electron chi connectivity index (χ2n) is 23.3. The van der Waals surface area contributed by atoms with E-state index in [1.54, 1.807) is 0 Å². The molecular weight excluding hydrogens is 1020 g/mol. The number of carbonyl (C=O) groups excluding carboxylic acids is 2. The van der Waals surface area contributed by atoms with Gasteiger partial charge in [0.2, 0.25) is 5.91 Å². The van der Waals surface area contributed by atoms with Gasteiger partial charge < -0.3 is 28.5 Å². The zero-order valence-electron chi connectivity index (χ0n) is 53.2. The van der Waals surface area contributed by atoms with Crippen molar-refractivity contribution in [1.29, 1.82) is 0 Å². The molecule has 0 saturated heterocycles. The summed E-state index contributed by atoms with van der Waals surface area (Å²) in [6.45, 7) is 6.69. The lowest BCUT2D eigenvalue weighted by Gasteiger charge is -2.30. The van der Waals surface area contributed by atoms with Crippen LogP contribution in [0.25, 0.3) is 0 Å². The molecular formula is C71H125N2O7P. The molecule has 0 aromatic heterocycles. The van der Waals surface area contributed by atoms with Gasteiger partial charge in [-0.05, 0) is 109 Å². The van der Waals surface area contributed by atoms with Gasteiger partial charge in [0.25, 0.3) is 7.82 Å². The van der Waals surface area contributed by atoms with E-state index in [9.17, 15) is 19.0 Å². The van der Waals surface area contributed by atoms with Gasteiger partial charge in [-0.25, -0.2) is 0 Å². The molecule has 3 atom stereocenters. The Balaban J connectivity index is 5.17. The van der Waals surface area contributed by atoms with Gasteiger partial charge in [-0.1, -0.05) is 265 Å². The Kier molecular flexibility index (Phi) is 57.4. The van der Waals surface area contributed by atoms with Gasteiger partial charge in [0.15, 0.2) is 0 Å². The number of hydrogen-bond donors (Lipinski definition) is 1. The molecule has 0 aromatic carbocycles. The maximum absolute atomic E-state index is 13.6. The van der Waals surface area contributed by atoms with Crippen LogP contribution in [0.4, 0.5) is 0 Å². The Labute approximate surface area is 500 Å². The summed E-state index contributed by atoms with van der Waals surface area (Å²) in [6.07, 6.45) is 82.0. The Morgan fingerprint density at radius 2 is 0.827 bits per heavy atom. The summed E-state index contributed by atoms with van der Waals surface area (Å²) in [5, 5.41) is 3.03. The van der Waals surface area contributed by atoms with Crippen molar-refractivity contribution in [1.82, 2.24) is 5.32 Å². The van der Waals surface area contributed by atoms with Gasteiger partial charge >= 0.3 is 5.97 Å². The van der Waals surface area contributed by atoms with E-state index in [0.717, 1.165) is 135 Å². The number of phosphoric acid groups is 1. The molecule has 466 valence electrons. The summed E-state index contributed by atoms with van der Waals surface area (Å²) in [6, 6.07) is -0.905. The number of nitrogens with one attached hydrogen (secondary N) is 1. The van der Waals surface area contributed by atoms with E-state index >= 15 is 0 Å². The Morgan fingerprint density at radius 3 is 1.28 bits per heavy atom. The molecule has 0 aliphatic heterocycles. The van der Waals surface area contributed by atoms with Crippen LogP contribution < -0.4 is 10.2 Å². The fourth-order valence-corrected chi connectivity index (χ4v) is 9.83. The Hall–Kier alpha value is -3.33. The number of quaternary nitrogens is 1. The summed E-state index contributed by atoms with van der Waals surface area (Å²) in [7, 11) is 1.16. The van der Waals surface area contributed by atoms with Crippen molar-refractivity contribution in [3.63, 3.8) is 0 Å². The molecule has 3 unspecified atom stereocenters. The van der Waals surface area contributed by atoms with Crippen LogP contribution in [0.15, 0.2) is 109 Å². The molecule has 1 amide bonds. The standard InChI is InChI=1S/C71H125N2O7P/c1-7-10-13-16-19-22-25-28-30-31-32-33-34-35-36-37-38-39-40-41-43-45-48-51-54-57-60-63-70(74)72-68(67-79-81(76,77)78-66-65-73(4,5)6)69(62-59-56-53-50-47-44-27-24-21-18-15-12-9-3)80-71(75)64-61-58-55-52-49-46-42-29-26-23-20-17-14-11-8-2/h10,13,19-20,22-23,26,28-30,32-33,35-36,38-39,59,62,68-69H,7-9,11-12,14-18,21,24-25,27,31,34,37,40-58,60-61,63-67H2,1-6H3,(H-,72,74,76,77)/b13-10-,22-19-,23-20+,29-26+,30-28-,33-32-,36-35-,39-38-,62-59-. The number of rotatable bonds is 59. The average Bonchev–Trinajstić information content (AvgIpc) is 3.44. The summed E-state index contributed by atoms with van der Waals surface area (Å²) >= 11 is 0. The predicted molar refractivity (Wildman–Crippen MR) is 348 cm³/mol. The van der Waals surface area contributed by atoms with Crippen LogP contribution in [0.1, 0.15) is 278 Å². The zero-order valence-corrected chi connectivity index (χ0v) is 54.1. The summed E-state index contributed by atoms with van der Waals surface area (Å²) in [5.74, 6) is -0.566. The highest BCUT2D eigenvalue weighted by molar-refractivity contribution is 7.45. The summed E-state index contributed by atoms with van der Waals surface area (Å²) in [5.41, 5.74) is 0. The number of nitrogens with zero attached hydrogens (tertiary/aromatic N) is 1.